The van der Waals surface area contributed by atoms with Crippen molar-refractivity contribution in [2.75, 3.05) is 7.11 Å². The van der Waals surface area contributed by atoms with Crippen molar-refractivity contribution in [1.29, 1.82) is 0 Å². The molecule has 1 amide bonds. The number of alkyl carbamates (subject to hydrolysis) is 1. The van der Waals surface area contributed by atoms with Crippen LogP contribution in [0, 0.1) is 5.92 Å². The molecular weight excluding hydrogens is 266 g/mol. The first-order valence-corrected chi connectivity index (χ1v) is 6.57. The molecule has 1 aliphatic carbocycles. The van der Waals surface area contributed by atoms with Crippen molar-refractivity contribution in [3.05, 3.63) is 0 Å². The van der Waals surface area contributed by atoms with Gasteiger partial charge in [0.1, 0.15) is 5.60 Å². The zero-order chi connectivity index (χ0) is 15.5. The van der Waals surface area contributed by atoms with E-state index in [4.69, 9.17) is 4.74 Å². The van der Waals surface area contributed by atoms with Crippen LogP contribution in [-0.4, -0.2) is 53.2 Å². The minimum Gasteiger partial charge on any atom is -0.469 e. The fourth-order valence-electron chi connectivity index (χ4n) is 2.19. The van der Waals surface area contributed by atoms with Gasteiger partial charge in [-0.3, -0.25) is 4.79 Å². The Kier molecular flexibility index (Phi) is 5.35. The summed E-state index contributed by atoms with van der Waals surface area (Å²) in [4.78, 5) is 23.4. The Hall–Kier alpha value is -1.34. The number of methoxy groups -OCH3 is 1. The Balaban J connectivity index is 2.72. The van der Waals surface area contributed by atoms with Gasteiger partial charge in [-0.05, 0) is 33.6 Å². The molecule has 0 aromatic rings. The summed E-state index contributed by atoms with van der Waals surface area (Å²) in [6.07, 6.45) is -2.55. The standard InChI is InChI=1S/C13H23NO6/c1-13(2,3)20-12(18)14-8-6-10(16)9(15)5-7(8)11(17)19-4/h7-10,15-16H,5-6H2,1-4H3,(H,14,18)/t7-,8+,9-,10+/m1/s1. The van der Waals surface area contributed by atoms with E-state index in [-0.39, 0.29) is 12.8 Å². The quantitative estimate of drug-likeness (QED) is 0.627. The molecule has 0 radical (unpaired) electrons. The second kappa shape index (κ2) is 6.41. The van der Waals surface area contributed by atoms with Crippen molar-refractivity contribution in [2.24, 2.45) is 5.92 Å². The summed E-state index contributed by atoms with van der Waals surface area (Å²) < 4.78 is 9.78. The summed E-state index contributed by atoms with van der Waals surface area (Å²) in [5, 5.41) is 21.9. The Morgan fingerprint density at radius 1 is 1.15 bits per heavy atom. The van der Waals surface area contributed by atoms with Crippen LogP contribution >= 0.6 is 0 Å². The lowest BCUT2D eigenvalue weighted by Crippen LogP contribution is -2.53. The van der Waals surface area contributed by atoms with Crippen molar-refractivity contribution in [2.45, 2.75) is 57.5 Å². The Labute approximate surface area is 118 Å². The maximum Gasteiger partial charge on any atom is 0.407 e. The monoisotopic (exact) mass is 289 g/mol. The van der Waals surface area contributed by atoms with Crippen LogP contribution in [-0.2, 0) is 14.3 Å². The van der Waals surface area contributed by atoms with Gasteiger partial charge in [-0.2, -0.15) is 0 Å². The lowest BCUT2D eigenvalue weighted by molar-refractivity contribution is -0.151. The van der Waals surface area contributed by atoms with Crippen LogP contribution in [0.3, 0.4) is 0 Å². The predicted molar refractivity (Wildman–Crippen MR) is 69.9 cm³/mol. The number of esters is 1. The summed E-state index contributed by atoms with van der Waals surface area (Å²) in [6.45, 7) is 5.18. The van der Waals surface area contributed by atoms with Crippen LogP contribution in [0.15, 0.2) is 0 Å². The lowest BCUT2D eigenvalue weighted by Gasteiger charge is -2.36. The third-order valence-electron chi connectivity index (χ3n) is 3.13. The zero-order valence-corrected chi connectivity index (χ0v) is 12.3. The van der Waals surface area contributed by atoms with Crippen LogP contribution in [0.5, 0.6) is 0 Å². The smallest absolute Gasteiger partial charge is 0.407 e. The van der Waals surface area contributed by atoms with E-state index in [0.29, 0.717) is 0 Å². The van der Waals surface area contributed by atoms with Crippen LogP contribution < -0.4 is 5.32 Å². The van der Waals surface area contributed by atoms with E-state index in [0.717, 1.165) is 0 Å². The normalized spacial score (nSPS) is 30.5. The van der Waals surface area contributed by atoms with Crippen molar-refractivity contribution in [3.63, 3.8) is 0 Å². The van der Waals surface area contributed by atoms with Crippen molar-refractivity contribution in [1.82, 2.24) is 5.32 Å². The summed E-state index contributed by atoms with van der Waals surface area (Å²) in [6, 6.07) is -0.629. The highest BCUT2D eigenvalue weighted by atomic mass is 16.6. The Morgan fingerprint density at radius 2 is 1.70 bits per heavy atom. The average Bonchev–Trinajstić information content (AvgIpc) is 2.30. The van der Waals surface area contributed by atoms with Gasteiger partial charge in [0, 0.05) is 6.04 Å². The summed E-state index contributed by atoms with van der Waals surface area (Å²) in [7, 11) is 1.24. The number of amides is 1. The van der Waals surface area contributed by atoms with E-state index in [2.05, 4.69) is 10.1 Å². The SMILES string of the molecule is COC(=O)[C@@H]1C[C@@H](O)[C@@H](O)C[C@@H]1NC(=O)OC(C)(C)C. The highest BCUT2D eigenvalue weighted by Gasteiger charge is 2.41. The van der Waals surface area contributed by atoms with Gasteiger partial charge in [0.25, 0.3) is 0 Å². The van der Waals surface area contributed by atoms with Gasteiger partial charge in [-0.1, -0.05) is 0 Å². The second-order valence-corrected chi connectivity index (χ2v) is 5.99. The molecule has 0 spiro atoms. The molecule has 3 N–H and O–H groups in total. The molecule has 7 heteroatoms. The minimum absolute atomic E-state index is 0.0360. The minimum atomic E-state index is -1.00. The Morgan fingerprint density at radius 3 is 2.20 bits per heavy atom. The van der Waals surface area contributed by atoms with Gasteiger partial charge in [0.2, 0.25) is 0 Å². The van der Waals surface area contributed by atoms with E-state index in [1.165, 1.54) is 7.11 Å². The maximum atomic E-state index is 11.7. The first-order chi connectivity index (χ1) is 9.14. The van der Waals surface area contributed by atoms with Gasteiger partial charge in [0.05, 0.1) is 25.2 Å². The summed E-state index contributed by atoms with van der Waals surface area (Å²) in [5.41, 5.74) is -0.655. The zero-order valence-electron chi connectivity index (χ0n) is 12.3. The fourth-order valence-corrected chi connectivity index (χ4v) is 2.19. The largest absolute Gasteiger partial charge is 0.469 e. The van der Waals surface area contributed by atoms with Gasteiger partial charge in [-0.15, -0.1) is 0 Å². The summed E-state index contributed by atoms with van der Waals surface area (Å²) >= 11 is 0. The topological polar surface area (TPSA) is 105 Å². The van der Waals surface area contributed by atoms with Crippen molar-refractivity contribution >= 4 is 12.1 Å². The number of ether oxygens (including phenoxy) is 2. The number of rotatable bonds is 2. The Bertz CT molecular complexity index is 364. The third-order valence-corrected chi connectivity index (χ3v) is 3.13. The van der Waals surface area contributed by atoms with Crippen LogP contribution in [0.25, 0.3) is 0 Å². The number of hydrogen-bond donors (Lipinski definition) is 3. The molecule has 0 aromatic carbocycles. The van der Waals surface area contributed by atoms with Gasteiger partial charge in [-0.25, -0.2) is 4.79 Å². The molecule has 116 valence electrons. The molecule has 0 heterocycles. The molecule has 7 nitrogen and oxygen atoms in total. The van der Waals surface area contributed by atoms with Gasteiger partial charge in [0.15, 0.2) is 0 Å². The van der Waals surface area contributed by atoms with Gasteiger partial charge >= 0.3 is 12.1 Å². The first kappa shape index (κ1) is 16.7. The molecule has 1 fully saturated rings. The molecule has 0 aliphatic heterocycles. The highest BCUT2D eigenvalue weighted by Crippen LogP contribution is 2.26. The molecule has 4 atom stereocenters. The molecule has 1 rings (SSSR count). The molecule has 20 heavy (non-hydrogen) atoms. The number of hydrogen-bond acceptors (Lipinski definition) is 6. The van der Waals surface area contributed by atoms with E-state index in [1.807, 2.05) is 0 Å². The van der Waals surface area contributed by atoms with E-state index < -0.39 is 41.8 Å². The predicted octanol–water partition coefficient (Wildman–Crippen LogP) is 0.184. The third kappa shape index (κ3) is 4.64. The number of carbonyl (C=O) groups is 2. The average molecular weight is 289 g/mol. The van der Waals surface area contributed by atoms with Crippen LogP contribution in [0.4, 0.5) is 4.79 Å². The van der Waals surface area contributed by atoms with Crippen molar-refractivity contribution in [3.8, 4) is 0 Å². The highest BCUT2D eigenvalue weighted by molar-refractivity contribution is 5.75. The molecule has 1 aliphatic rings. The molecule has 0 bridgehead atoms. The van der Waals surface area contributed by atoms with Crippen LogP contribution in [0.1, 0.15) is 33.6 Å². The summed E-state index contributed by atoms with van der Waals surface area (Å²) in [5.74, 6) is -1.23. The van der Waals surface area contributed by atoms with Crippen molar-refractivity contribution < 1.29 is 29.3 Å². The van der Waals surface area contributed by atoms with Crippen LogP contribution in [0.2, 0.25) is 0 Å². The lowest BCUT2D eigenvalue weighted by atomic mass is 9.81. The van der Waals surface area contributed by atoms with E-state index in [1.54, 1.807) is 20.8 Å². The van der Waals surface area contributed by atoms with E-state index >= 15 is 0 Å². The molecule has 0 aromatic heterocycles. The molecule has 0 unspecified atom stereocenters. The van der Waals surface area contributed by atoms with E-state index in [9.17, 15) is 19.8 Å². The number of aliphatic hydroxyl groups is 2. The maximum absolute atomic E-state index is 11.7. The fraction of sp³-hybridized carbons (Fsp3) is 0.846. The number of aliphatic hydroxyl groups excluding tert-OH is 2. The second-order valence-electron chi connectivity index (χ2n) is 5.99. The van der Waals surface area contributed by atoms with Gasteiger partial charge < -0.3 is 25.0 Å². The molecule has 0 saturated heterocycles. The first-order valence-electron chi connectivity index (χ1n) is 6.57. The number of nitrogens with one attached hydrogen (secondary N) is 1. The molecular formula is C13H23NO6. The number of carbonyl (C=O) groups excluding carboxylic acids is 2. The molecule has 1 saturated carbocycles.